The molecule has 0 spiro atoms. The maximum atomic E-state index is 9.07. The van der Waals surface area contributed by atoms with Crippen LogP contribution >= 0.6 is 0 Å². The van der Waals surface area contributed by atoms with E-state index in [2.05, 4.69) is 21.0 Å². The van der Waals surface area contributed by atoms with Gasteiger partial charge in [0, 0.05) is 12.5 Å². The fourth-order valence-electron chi connectivity index (χ4n) is 3.59. The van der Waals surface area contributed by atoms with Crippen LogP contribution in [0.1, 0.15) is 103 Å². The molecule has 0 heterocycles. The van der Waals surface area contributed by atoms with Gasteiger partial charge in [-0.25, -0.2) is 0 Å². The van der Waals surface area contributed by atoms with Gasteiger partial charge in [-0.2, -0.15) is 0 Å². The van der Waals surface area contributed by atoms with Crippen LogP contribution in [-0.2, 0) is 0 Å². The zero-order valence-electron chi connectivity index (χ0n) is 18.5. The fourth-order valence-corrected chi connectivity index (χ4v) is 4.22. The van der Waals surface area contributed by atoms with Gasteiger partial charge in [0.25, 0.3) is 0 Å². The lowest BCUT2D eigenvalue weighted by Gasteiger charge is -2.30. The number of quaternary nitrogens is 1. The summed E-state index contributed by atoms with van der Waals surface area (Å²) < 4.78 is 0.905. The monoisotopic (exact) mass is 407 g/mol. The number of unbranched alkanes of at least 4 members (excludes halogenated alkanes) is 13. The first kappa shape index (κ1) is 29.2. The largest absolute Gasteiger partial charge is 0.870 e. The Balaban J connectivity index is 0. The van der Waals surface area contributed by atoms with E-state index in [1.165, 1.54) is 89.9 Å². The molecule has 4 N–H and O–H groups in total. The molecule has 5 nitrogen and oxygen atoms in total. The molecule has 0 aromatic heterocycles. The molecule has 0 aromatic rings. The predicted molar refractivity (Wildman–Crippen MR) is 116 cm³/mol. The molecule has 0 atom stereocenters. The SMILES string of the molecule is CCCCCCCCCCCCCCCC[N+](C)(C)CCC[Si](O)(O)O.[OH-]. The minimum absolute atomic E-state index is 0. The number of hydrogen-bond acceptors (Lipinski definition) is 4. The van der Waals surface area contributed by atoms with E-state index in [0.717, 1.165) is 17.6 Å². The van der Waals surface area contributed by atoms with Crippen molar-refractivity contribution in [3.8, 4) is 0 Å². The van der Waals surface area contributed by atoms with Gasteiger partial charge in [-0.1, -0.05) is 84.0 Å². The highest BCUT2D eigenvalue weighted by Crippen LogP contribution is 2.14. The molecule has 0 saturated carbocycles. The first-order chi connectivity index (χ1) is 12.3. The van der Waals surface area contributed by atoms with E-state index in [1.54, 1.807) is 0 Å². The molecule has 166 valence electrons. The third kappa shape index (κ3) is 24.0. The maximum absolute atomic E-state index is 9.07. The Bertz CT molecular complexity index is 309. The van der Waals surface area contributed by atoms with Crippen LogP contribution < -0.4 is 0 Å². The smallest absolute Gasteiger partial charge is 0.492 e. The van der Waals surface area contributed by atoms with E-state index >= 15 is 0 Å². The van der Waals surface area contributed by atoms with Crippen LogP contribution in [0.5, 0.6) is 0 Å². The van der Waals surface area contributed by atoms with Gasteiger partial charge in [0.1, 0.15) is 0 Å². The second-order valence-electron chi connectivity index (χ2n) is 8.86. The van der Waals surface area contributed by atoms with Crippen molar-refractivity contribution in [2.24, 2.45) is 0 Å². The third-order valence-electron chi connectivity index (χ3n) is 5.39. The standard InChI is InChI=1S/C21H48NO3Si.H2O/c1-4-5-6-7-8-9-10-11-12-13-14-15-16-17-19-22(2,3)20-18-21-26(23,24)25;/h23-25H,4-21H2,1-3H3;1H2/q+1;/p-1. The number of rotatable bonds is 19. The van der Waals surface area contributed by atoms with E-state index in [0.29, 0.717) is 6.42 Å². The van der Waals surface area contributed by atoms with E-state index < -0.39 is 8.80 Å². The zero-order chi connectivity index (χ0) is 19.7. The van der Waals surface area contributed by atoms with Gasteiger partial charge in [0.2, 0.25) is 0 Å². The molecule has 0 aliphatic rings. The van der Waals surface area contributed by atoms with Gasteiger partial charge in [-0.15, -0.1) is 0 Å². The lowest BCUT2D eigenvalue weighted by molar-refractivity contribution is -0.890. The van der Waals surface area contributed by atoms with Crippen molar-refractivity contribution in [1.82, 2.24) is 0 Å². The Morgan fingerprint density at radius 2 is 0.889 bits per heavy atom. The van der Waals surface area contributed by atoms with Crippen LogP contribution in [0.4, 0.5) is 0 Å². The molecule has 0 bridgehead atoms. The Morgan fingerprint density at radius 3 is 1.26 bits per heavy atom. The molecule has 0 aromatic carbocycles. The fraction of sp³-hybridized carbons (Fsp3) is 1.00. The zero-order valence-corrected chi connectivity index (χ0v) is 19.5. The molecule has 27 heavy (non-hydrogen) atoms. The maximum Gasteiger partial charge on any atom is 0.492 e. The summed E-state index contributed by atoms with van der Waals surface area (Å²) in [6.07, 6.45) is 20.1. The van der Waals surface area contributed by atoms with E-state index in [-0.39, 0.29) is 11.5 Å². The molecule has 0 unspecified atom stereocenters. The minimum atomic E-state index is -3.84. The first-order valence-electron chi connectivity index (χ1n) is 11.3. The summed E-state index contributed by atoms with van der Waals surface area (Å²) in [4.78, 5) is 27.2. The van der Waals surface area contributed by atoms with Crippen molar-refractivity contribution in [3.05, 3.63) is 0 Å². The number of nitrogens with zero attached hydrogens (tertiary/aromatic N) is 1. The predicted octanol–water partition coefficient (Wildman–Crippen LogP) is 4.67. The van der Waals surface area contributed by atoms with Crippen LogP contribution in [0.15, 0.2) is 0 Å². The van der Waals surface area contributed by atoms with Crippen molar-refractivity contribution in [2.75, 3.05) is 27.2 Å². The molecule has 6 heteroatoms. The van der Waals surface area contributed by atoms with Crippen LogP contribution in [0.3, 0.4) is 0 Å². The normalized spacial score (nSPS) is 12.2. The van der Waals surface area contributed by atoms with Crippen LogP contribution in [0.2, 0.25) is 6.04 Å². The molecule has 0 radical (unpaired) electrons. The second-order valence-corrected chi connectivity index (χ2v) is 10.9. The quantitative estimate of drug-likeness (QED) is 0.165. The van der Waals surface area contributed by atoms with Crippen molar-refractivity contribution in [2.45, 2.75) is 109 Å². The van der Waals surface area contributed by atoms with E-state index in [1.807, 2.05) is 0 Å². The Labute approximate surface area is 170 Å². The molecule has 0 aliphatic carbocycles. The van der Waals surface area contributed by atoms with Gasteiger partial charge in [-0.05, 0) is 12.8 Å². The van der Waals surface area contributed by atoms with Crippen molar-refractivity contribution in [3.63, 3.8) is 0 Å². The Morgan fingerprint density at radius 1 is 0.556 bits per heavy atom. The van der Waals surface area contributed by atoms with Crippen molar-refractivity contribution in [1.29, 1.82) is 0 Å². The minimum Gasteiger partial charge on any atom is -0.870 e. The lowest BCUT2D eigenvalue weighted by atomic mass is 10.0. The van der Waals surface area contributed by atoms with Crippen LogP contribution in [0, 0.1) is 0 Å². The molecule has 0 amide bonds. The van der Waals surface area contributed by atoms with E-state index in [9.17, 15) is 0 Å². The average Bonchev–Trinajstić information content (AvgIpc) is 2.53. The Kier molecular flexibility index (Phi) is 19.6. The van der Waals surface area contributed by atoms with Crippen LogP contribution in [0.25, 0.3) is 0 Å². The van der Waals surface area contributed by atoms with Gasteiger partial charge in [0.05, 0.1) is 27.2 Å². The van der Waals surface area contributed by atoms with Gasteiger partial charge >= 0.3 is 8.80 Å². The molecule has 0 rings (SSSR count). The van der Waals surface area contributed by atoms with Crippen molar-refractivity contribution >= 4 is 8.80 Å². The third-order valence-corrected chi connectivity index (χ3v) is 6.42. The van der Waals surface area contributed by atoms with E-state index in [4.69, 9.17) is 14.4 Å². The molecule has 0 aliphatic heterocycles. The molecular formula is C21H49NO4Si. The van der Waals surface area contributed by atoms with Gasteiger partial charge < -0.3 is 24.3 Å². The number of hydrogen-bond donors (Lipinski definition) is 3. The summed E-state index contributed by atoms with van der Waals surface area (Å²) >= 11 is 0. The summed E-state index contributed by atoms with van der Waals surface area (Å²) in [5.74, 6) is 0. The highest BCUT2D eigenvalue weighted by atomic mass is 28.4. The Hall–Kier alpha value is 0.0169. The van der Waals surface area contributed by atoms with Gasteiger partial charge in [-0.3, -0.25) is 0 Å². The van der Waals surface area contributed by atoms with Gasteiger partial charge in [0.15, 0.2) is 0 Å². The second kappa shape index (κ2) is 18.1. The van der Waals surface area contributed by atoms with Crippen LogP contribution in [-0.4, -0.2) is 60.3 Å². The lowest BCUT2D eigenvalue weighted by Crippen LogP contribution is -2.43. The first-order valence-corrected chi connectivity index (χ1v) is 13.3. The average molecular weight is 408 g/mol. The summed E-state index contributed by atoms with van der Waals surface area (Å²) in [5.41, 5.74) is 0. The summed E-state index contributed by atoms with van der Waals surface area (Å²) in [6, 6.07) is 0.160. The molecule has 0 saturated heterocycles. The summed E-state index contributed by atoms with van der Waals surface area (Å²) in [6.45, 7) is 4.31. The summed E-state index contributed by atoms with van der Waals surface area (Å²) in [5, 5.41) is 0. The highest BCUT2D eigenvalue weighted by Gasteiger charge is 2.27. The molecule has 0 fully saturated rings. The molecular weight excluding hydrogens is 358 g/mol. The summed E-state index contributed by atoms with van der Waals surface area (Å²) in [7, 11) is 0.544. The van der Waals surface area contributed by atoms with Crippen molar-refractivity contribution < 1.29 is 24.3 Å². The highest BCUT2D eigenvalue weighted by molar-refractivity contribution is 6.56. The topological polar surface area (TPSA) is 90.7 Å².